The molecule has 5 nitrogen and oxygen atoms in total. The first-order chi connectivity index (χ1) is 11.3. The van der Waals surface area contributed by atoms with E-state index in [9.17, 15) is 0 Å². The molecule has 3 saturated heterocycles. The van der Waals surface area contributed by atoms with Gasteiger partial charge in [-0.3, -0.25) is 4.90 Å². The summed E-state index contributed by atoms with van der Waals surface area (Å²) in [4.78, 5) is 9.50. The van der Waals surface area contributed by atoms with Crippen molar-refractivity contribution >= 4 is 11.3 Å². The molecule has 0 N–H and O–H groups in total. The van der Waals surface area contributed by atoms with E-state index in [0.717, 1.165) is 45.9 Å². The fourth-order valence-electron chi connectivity index (χ4n) is 4.24. The summed E-state index contributed by atoms with van der Waals surface area (Å²) in [7, 11) is 0. The van der Waals surface area contributed by atoms with Gasteiger partial charge in [-0.1, -0.05) is 0 Å². The molecular formula is C17H27N3O2S. The number of ether oxygens (including phenoxy) is 2. The van der Waals surface area contributed by atoms with Crippen LogP contribution >= 0.6 is 11.3 Å². The summed E-state index contributed by atoms with van der Waals surface area (Å²) in [6, 6.07) is 0. The predicted octanol–water partition coefficient (Wildman–Crippen LogP) is 1.85. The highest BCUT2D eigenvalue weighted by Gasteiger charge is 2.43. The first kappa shape index (κ1) is 16.0. The van der Waals surface area contributed by atoms with Gasteiger partial charge < -0.3 is 14.4 Å². The molecule has 0 radical (unpaired) electrons. The first-order valence-corrected chi connectivity index (χ1v) is 9.74. The van der Waals surface area contributed by atoms with Gasteiger partial charge in [-0.15, -0.1) is 11.3 Å². The van der Waals surface area contributed by atoms with Crippen LogP contribution in [0.25, 0.3) is 0 Å². The van der Waals surface area contributed by atoms with Crippen LogP contribution in [0.15, 0.2) is 11.6 Å². The maximum Gasteiger partial charge on any atom is 0.107 e. The van der Waals surface area contributed by atoms with Gasteiger partial charge in [0.1, 0.15) is 10.6 Å². The Balaban J connectivity index is 1.36. The molecule has 3 aliphatic heterocycles. The van der Waals surface area contributed by atoms with E-state index >= 15 is 0 Å². The average molecular weight is 337 g/mol. The van der Waals surface area contributed by atoms with Crippen molar-refractivity contribution in [2.45, 2.75) is 31.4 Å². The Morgan fingerprint density at radius 3 is 3.00 bits per heavy atom. The molecule has 0 aliphatic carbocycles. The number of nitrogens with zero attached hydrogens (tertiary/aromatic N) is 3. The molecule has 0 bridgehead atoms. The quantitative estimate of drug-likeness (QED) is 0.838. The molecule has 6 heteroatoms. The first-order valence-electron chi connectivity index (χ1n) is 8.86. The molecule has 4 heterocycles. The standard InChI is InChI=1S/C17H27N3O2S/c1-2-5-19(4-1)10-15-9-17(22-12-15)13-20(6-7-21-14-17)11-16-18-3-8-23-16/h3,8,15H,1-2,4-7,9-14H2/t15-,17-/m0/s1. The van der Waals surface area contributed by atoms with Gasteiger partial charge in [-0.2, -0.15) is 0 Å². The van der Waals surface area contributed by atoms with Crippen molar-refractivity contribution in [1.29, 1.82) is 0 Å². The van der Waals surface area contributed by atoms with Crippen LogP contribution in [0.5, 0.6) is 0 Å². The number of aromatic nitrogens is 1. The van der Waals surface area contributed by atoms with Gasteiger partial charge in [-0.25, -0.2) is 4.98 Å². The van der Waals surface area contributed by atoms with E-state index in [1.165, 1.54) is 37.5 Å². The van der Waals surface area contributed by atoms with E-state index in [2.05, 4.69) is 20.2 Å². The lowest BCUT2D eigenvalue weighted by Crippen LogP contribution is -2.44. The fourth-order valence-corrected chi connectivity index (χ4v) is 4.90. The van der Waals surface area contributed by atoms with E-state index in [0.29, 0.717) is 5.92 Å². The maximum absolute atomic E-state index is 6.32. The summed E-state index contributed by atoms with van der Waals surface area (Å²) in [5, 5.41) is 3.24. The zero-order valence-corrected chi connectivity index (χ0v) is 14.6. The molecule has 128 valence electrons. The Labute approximate surface area is 142 Å². The van der Waals surface area contributed by atoms with Crippen LogP contribution < -0.4 is 0 Å². The Kier molecular flexibility index (Phi) is 4.96. The van der Waals surface area contributed by atoms with Crippen LogP contribution in [-0.2, 0) is 16.0 Å². The van der Waals surface area contributed by atoms with Crippen molar-refractivity contribution in [2.24, 2.45) is 5.92 Å². The predicted molar refractivity (Wildman–Crippen MR) is 90.7 cm³/mol. The largest absolute Gasteiger partial charge is 0.377 e. The van der Waals surface area contributed by atoms with Crippen molar-refractivity contribution in [3.63, 3.8) is 0 Å². The summed E-state index contributed by atoms with van der Waals surface area (Å²) < 4.78 is 12.2. The van der Waals surface area contributed by atoms with Crippen molar-refractivity contribution in [3.05, 3.63) is 16.6 Å². The van der Waals surface area contributed by atoms with Gasteiger partial charge in [0, 0.05) is 31.2 Å². The van der Waals surface area contributed by atoms with Crippen LogP contribution in [0, 0.1) is 5.92 Å². The SMILES string of the molecule is c1csc(CN2CCOC[C@]3(C[C@@H](CN4CCCC4)CO3)C2)n1. The van der Waals surface area contributed by atoms with E-state index in [-0.39, 0.29) is 5.60 Å². The van der Waals surface area contributed by atoms with E-state index < -0.39 is 0 Å². The Morgan fingerprint density at radius 1 is 1.26 bits per heavy atom. The minimum Gasteiger partial charge on any atom is -0.377 e. The van der Waals surface area contributed by atoms with Gasteiger partial charge in [-0.05, 0) is 38.3 Å². The molecule has 0 amide bonds. The van der Waals surface area contributed by atoms with E-state index in [1.54, 1.807) is 11.3 Å². The third kappa shape index (κ3) is 3.94. The molecule has 1 aromatic rings. The molecule has 4 rings (SSSR count). The van der Waals surface area contributed by atoms with Gasteiger partial charge in [0.15, 0.2) is 0 Å². The van der Waals surface area contributed by atoms with Crippen molar-refractivity contribution in [3.8, 4) is 0 Å². The highest BCUT2D eigenvalue weighted by molar-refractivity contribution is 7.09. The molecule has 1 spiro atoms. The molecule has 1 aromatic heterocycles. The third-order valence-corrected chi connectivity index (χ3v) is 6.04. The zero-order chi connectivity index (χ0) is 15.5. The Bertz CT molecular complexity index is 492. The zero-order valence-electron chi connectivity index (χ0n) is 13.8. The molecule has 2 atom stereocenters. The lowest BCUT2D eigenvalue weighted by molar-refractivity contribution is -0.0563. The molecule has 0 unspecified atom stereocenters. The minimum atomic E-state index is -0.0991. The van der Waals surface area contributed by atoms with Gasteiger partial charge in [0.25, 0.3) is 0 Å². The highest BCUT2D eigenvalue weighted by Crippen LogP contribution is 2.34. The summed E-state index contributed by atoms with van der Waals surface area (Å²) in [6.45, 7) is 9.06. The average Bonchev–Trinajstić information content (AvgIpc) is 3.25. The minimum absolute atomic E-state index is 0.0991. The van der Waals surface area contributed by atoms with Crippen molar-refractivity contribution in [2.75, 3.05) is 52.5 Å². The van der Waals surface area contributed by atoms with Crippen molar-refractivity contribution < 1.29 is 9.47 Å². The molecule has 23 heavy (non-hydrogen) atoms. The van der Waals surface area contributed by atoms with E-state index in [1.807, 2.05) is 6.20 Å². The van der Waals surface area contributed by atoms with Crippen LogP contribution in [0.3, 0.4) is 0 Å². The molecule has 0 saturated carbocycles. The van der Waals surface area contributed by atoms with Crippen molar-refractivity contribution in [1.82, 2.24) is 14.8 Å². The van der Waals surface area contributed by atoms with Gasteiger partial charge in [0.2, 0.25) is 0 Å². The number of rotatable bonds is 4. The lowest BCUT2D eigenvalue weighted by Gasteiger charge is -2.31. The highest BCUT2D eigenvalue weighted by atomic mass is 32.1. The van der Waals surface area contributed by atoms with E-state index in [4.69, 9.17) is 9.47 Å². The monoisotopic (exact) mass is 337 g/mol. The summed E-state index contributed by atoms with van der Waals surface area (Å²) in [5.41, 5.74) is -0.0991. The van der Waals surface area contributed by atoms with Crippen LogP contribution in [-0.4, -0.2) is 72.9 Å². The molecule has 0 aromatic carbocycles. The van der Waals surface area contributed by atoms with Gasteiger partial charge >= 0.3 is 0 Å². The second-order valence-electron chi connectivity index (χ2n) is 7.26. The van der Waals surface area contributed by atoms with Crippen LogP contribution in [0.2, 0.25) is 0 Å². The topological polar surface area (TPSA) is 37.8 Å². The second kappa shape index (κ2) is 7.15. The Hall–Kier alpha value is -0.530. The normalized spacial score (nSPS) is 33.5. The summed E-state index contributed by atoms with van der Waals surface area (Å²) >= 11 is 1.74. The van der Waals surface area contributed by atoms with Crippen LogP contribution in [0.4, 0.5) is 0 Å². The number of hydrogen-bond acceptors (Lipinski definition) is 6. The Morgan fingerprint density at radius 2 is 2.17 bits per heavy atom. The van der Waals surface area contributed by atoms with Crippen LogP contribution in [0.1, 0.15) is 24.3 Å². The number of likely N-dealkylation sites (tertiary alicyclic amines) is 1. The second-order valence-corrected chi connectivity index (χ2v) is 8.24. The number of hydrogen-bond donors (Lipinski definition) is 0. The summed E-state index contributed by atoms with van der Waals surface area (Å²) in [5.74, 6) is 0.663. The summed E-state index contributed by atoms with van der Waals surface area (Å²) in [6.07, 6.45) is 5.76. The number of thiazole rings is 1. The van der Waals surface area contributed by atoms with Gasteiger partial charge in [0.05, 0.1) is 26.4 Å². The lowest BCUT2D eigenvalue weighted by atomic mass is 9.94. The third-order valence-electron chi connectivity index (χ3n) is 5.27. The smallest absolute Gasteiger partial charge is 0.107 e. The molecule has 3 fully saturated rings. The molecule has 3 aliphatic rings. The maximum atomic E-state index is 6.32. The fraction of sp³-hybridized carbons (Fsp3) is 0.824. The molecular weight excluding hydrogens is 310 g/mol.